The van der Waals surface area contributed by atoms with E-state index < -0.39 is 0 Å². The van der Waals surface area contributed by atoms with Crippen molar-refractivity contribution in [3.8, 4) is 0 Å². The summed E-state index contributed by atoms with van der Waals surface area (Å²) in [5, 5.41) is 14.2. The number of rotatable bonds is 5. The lowest BCUT2D eigenvalue weighted by Crippen LogP contribution is -2.12. The van der Waals surface area contributed by atoms with Gasteiger partial charge in [-0.3, -0.25) is 9.20 Å². The minimum absolute atomic E-state index is 0.0527. The summed E-state index contributed by atoms with van der Waals surface area (Å²) >= 11 is 7.66. The topological polar surface area (TPSA) is 59.3 Å². The van der Waals surface area contributed by atoms with Crippen LogP contribution in [-0.2, 0) is 4.79 Å². The zero-order valence-electron chi connectivity index (χ0n) is 16.5. The van der Waals surface area contributed by atoms with Gasteiger partial charge in [-0.15, -0.1) is 10.2 Å². The molecule has 0 saturated heterocycles. The molecule has 0 atom stereocenters. The van der Waals surface area contributed by atoms with Gasteiger partial charge in [0.05, 0.1) is 5.52 Å². The van der Waals surface area contributed by atoms with Gasteiger partial charge in [0.25, 0.3) is 0 Å². The van der Waals surface area contributed by atoms with E-state index in [4.69, 9.17) is 11.6 Å². The molecule has 1 amide bonds. The quantitative estimate of drug-likeness (QED) is 0.425. The van der Waals surface area contributed by atoms with Crippen molar-refractivity contribution in [2.45, 2.75) is 32.3 Å². The summed E-state index contributed by atoms with van der Waals surface area (Å²) < 4.78 is 2.08. The second kappa shape index (κ2) is 8.05. The van der Waals surface area contributed by atoms with Crippen LogP contribution >= 0.6 is 23.4 Å². The third kappa shape index (κ3) is 3.95. The molecular formula is C22H21ClN4OS. The van der Waals surface area contributed by atoms with Gasteiger partial charge in [0.1, 0.15) is 0 Å². The predicted octanol–water partition coefficient (Wildman–Crippen LogP) is 5.58. The molecule has 2 aromatic carbocycles. The molecule has 2 heterocycles. The molecule has 4 rings (SSSR count). The Kier molecular flexibility index (Phi) is 5.48. The Morgan fingerprint density at radius 2 is 1.90 bits per heavy atom. The van der Waals surface area contributed by atoms with Crippen molar-refractivity contribution in [2.75, 3.05) is 11.1 Å². The van der Waals surface area contributed by atoms with E-state index in [1.165, 1.54) is 28.3 Å². The number of hydrogen-bond acceptors (Lipinski definition) is 4. The maximum absolute atomic E-state index is 12.3. The number of halogens is 1. The highest BCUT2D eigenvalue weighted by Crippen LogP contribution is 2.28. The highest BCUT2D eigenvalue weighted by atomic mass is 35.5. The number of carbonyl (C=O) groups excluding carboxylic acids is 1. The van der Waals surface area contributed by atoms with E-state index in [1.807, 2.05) is 25.1 Å². The predicted molar refractivity (Wildman–Crippen MR) is 120 cm³/mol. The number of thioether (sulfide) groups is 1. The summed E-state index contributed by atoms with van der Waals surface area (Å²) in [4.78, 5) is 12.3. The zero-order valence-corrected chi connectivity index (χ0v) is 18.1. The Hall–Kier alpha value is -2.57. The molecule has 0 spiro atoms. The van der Waals surface area contributed by atoms with Gasteiger partial charge in [0.15, 0.2) is 10.8 Å². The van der Waals surface area contributed by atoms with Crippen LogP contribution in [-0.4, -0.2) is 26.3 Å². The molecule has 2 aromatic heterocycles. The normalized spacial score (nSPS) is 11.3. The number of aryl methyl sites for hydroxylation is 3. The van der Waals surface area contributed by atoms with Crippen LogP contribution < -0.4 is 5.32 Å². The average Bonchev–Trinajstić information content (AvgIpc) is 3.07. The molecule has 0 saturated carbocycles. The summed E-state index contributed by atoms with van der Waals surface area (Å²) in [5.41, 5.74) is 5.99. The first kappa shape index (κ1) is 19.7. The molecule has 0 bridgehead atoms. The van der Waals surface area contributed by atoms with Gasteiger partial charge in [-0.25, -0.2) is 0 Å². The average molecular weight is 425 g/mol. The number of para-hydroxylation sites is 1. The van der Waals surface area contributed by atoms with Crippen LogP contribution in [0, 0.1) is 20.8 Å². The molecule has 0 aliphatic rings. The minimum Gasteiger partial charge on any atom is -0.326 e. The lowest BCUT2D eigenvalue weighted by atomic mass is 10.1. The molecule has 0 aliphatic heterocycles. The molecule has 4 aromatic rings. The first-order chi connectivity index (χ1) is 13.9. The lowest BCUT2D eigenvalue weighted by molar-refractivity contribution is -0.115. The Labute approximate surface area is 178 Å². The van der Waals surface area contributed by atoms with E-state index in [0.717, 1.165) is 21.9 Å². The number of hydrogen-bond donors (Lipinski definition) is 1. The molecular weight excluding hydrogens is 404 g/mol. The van der Waals surface area contributed by atoms with Crippen molar-refractivity contribution in [3.05, 3.63) is 64.2 Å². The van der Waals surface area contributed by atoms with Gasteiger partial charge < -0.3 is 5.32 Å². The molecule has 0 aliphatic carbocycles. The standard InChI is InChI=1S/C22H21ClN4OS/c1-13-7-8-16(12-18(13)23)24-20(28)9-10-29-22-26-25-19-11-15(3)17-6-4-5-14(2)21(17)27(19)22/h4-8,11-12H,9-10H2,1-3H3,(H,24,28). The number of nitrogens with zero attached hydrogens (tertiary/aromatic N) is 3. The van der Waals surface area contributed by atoms with E-state index in [0.29, 0.717) is 22.9 Å². The monoisotopic (exact) mass is 424 g/mol. The van der Waals surface area contributed by atoms with E-state index in [2.05, 4.69) is 52.0 Å². The zero-order chi connectivity index (χ0) is 20.5. The van der Waals surface area contributed by atoms with Crippen LogP contribution in [0.3, 0.4) is 0 Å². The van der Waals surface area contributed by atoms with Crippen molar-refractivity contribution in [1.29, 1.82) is 0 Å². The highest BCUT2D eigenvalue weighted by molar-refractivity contribution is 7.99. The van der Waals surface area contributed by atoms with Gasteiger partial charge in [-0.1, -0.05) is 47.6 Å². The number of nitrogens with one attached hydrogen (secondary N) is 1. The summed E-state index contributed by atoms with van der Waals surface area (Å²) in [6.07, 6.45) is 0.369. The van der Waals surface area contributed by atoms with E-state index >= 15 is 0 Å². The molecule has 29 heavy (non-hydrogen) atoms. The third-order valence-corrected chi connectivity index (χ3v) is 6.24. The number of carbonyl (C=O) groups is 1. The van der Waals surface area contributed by atoms with Crippen molar-refractivity contribution in [3.63, 3.8) is 0 Å². The summed E-state index contributed by atoms with van der Waals surface area (Å²) in [6, 6.07) is 13.8. The third-order valence-electron chi connectivity index (χ3n) is 4.91. The SMILES string of the molecule is Cc1ccc(NC(=O)CCSc2nnc3cc(C)c4cccc(C)c4n23)cc1Cl. The van der Waals surface area contributed by atoms with E-state index in [-0.39, 0.29) is 5.91 Å². The molecule has 1 N–H and O–H groups in total. The Morgan fingerprint density at radius 1 is 1.07 bits per heavy atom. The molecule has 0 radical (unpaired) electrons. The van der Waals surface area contributed by atoms with E-state index in [9.17, 15) is 4.79 Å². The lowest BCUT2D eigenvalue weighted by Gasteiger charge is -2.10. The van der Waals surface area contributed by atoms with Crippen LogP contribution in [0.15, 0.2) is 47.6 Å². The summed E-state index contributed by atoms with van der Waals surface area (Å²) in [6.45, 7) is 6.11. The number of amides is 1. The summed E-state index contributed by atoms with van der Waals surface area (Å²) in [5.74, 6) is 0.552. The number of anilines is 1. The van der Waals surface area contributed by atoms with Gasteiger partial charge in [-0.2, -0.15) is 0 Å². The largest absolute Gasteiger partial charge is 0.326 e. The number of fused-ring (bicyclic) bond motifs is 3. The van der Waals surface area contributed by atoms with Crippen molar-refractivity contribution in [1.82, 2.24) is 14.6 Å². The van der Waals surface area contributed by atoms with Crippen LogP contribution in [0.1, 0.15) is 23.1 Å². The van der Waals surface area contributed by atoms with Gasteiger partial charge in [-0.05, 0) is 55.7 Å². The first-order valence-corrected chi connectivity index (χ1v) is 10.7. The van der Waals surface area contributed by atoms with E-state index in [1.54, 1.807) is 6.07 Å². The fourth-order valence-electron chi connectivity index (χ4n) is 3.35. The molecule has 7 heteroatoms. The first-order valence-electron chi connectivity index (χ1n) is 9.37. The maximum Gasteiger partial charge on any atom is 0.225 e. The van der Waals surface area contributed by atoms with Crippen LogP contribution in [0.2, 0.25) is 5.02 Å². The van der Waals surface area contributed by atoms with Crippen LogP contribution in [0.5, 0.6) is 0 Å². The highest BCUT2D eigenvalue weighted by Gasteiger charge is 2.14. The molecule has 148 valence electrons. The Balaban J connectivity index is 1.50. The maximum atomic E-state index is 12.3. The van der Waals surface area contributed by atoms with Crippen LogP contribution in [0.25, 0.3) is 16.6 Å². The smallest absolute Gasteiger partial charge is 0.225 e. The Bertz CT molecular complexity index is 1230. The number of aromatic nitrogens is 3. The van der Waals surface area contributed by atoms with Gasteiger partial charge >= 0.3 is 0 Å². The fourth-order valence-corrected chi connectivity index (χ4v) is 4.42. The number of benzene rings is 2. The van der Waals surface area contributed by atoms with Gasteiger partial charge in [0, 0.05) is 28.3 Å². The van der Waals surface area contributed by atoms with Crippen molar-refractivity contribution < 1.29 is 4.79 Å². The minimum atomic E-state index is -0.0527. The van der Waals surface area contributed by atoms with Crippen LogP contribution in [0.4, 0.5) is 5.69 Å². The van der Waals surface area contributed by atoms with Crippen molar-refractivity contribution in [2.24, 2.45) is 0 Å². The second-order valence-electron chi connectivity index (χ2n) is 7.09. The fraction of sp³-hybridized carbons (Fsp3) is 0.227. The second-order valence-corrected chi connectivity index (χ2v) is 8.55. The Morgan fingerprint density at radius 3 is 2.69 bits per heavy atom. The van der Waals surface area contributed by atoms with Gasteiger partial charge in [0.2, 0.25) is 5.91 Å². The molecule has 0 fully saturated rings. The number of pyridine rings is 1. The summed E-state index contributed by atoms with van der Waals surface area (Å²) in [7, 11) is 0. The molecule has 5 nitrogen and oxygen atoms in total. The van der Waals surface area contributed by atoms with Crippen molar-refractivity contribution >= 4 is 51.5 Å². The molecule has 0 unspecified atom stereocenters.